The summed E-state index contributed by atoms with van der Waals surface area (Å²) in [6.07, 6.45) is 8.26. The van der Waals surface area contributed by atoms with E-state index < -0.39 is 5.97 Å². The minimum absolute atomic E-state index is 0.157. The Morgan fingerprint density at radius 2 is 0.904 bits per heavy atom. The summed E-state index contributed by atoms with van der Waals surface area (Å²) in [4.78, 5) is 41.8. The van der Waals surface area contributed by atoms with Crippen LogP contribution < -0.4 is 5.32 Å². The fraction of sp³-hybridized carbons (Fsp3) is 0.150. The number of carbonyl (C=O) groups is 2. The highest BCUT2D eigenvalue weighted by atomic mass is 35.5. The van der Waals surface area contributed by atoms with E-state index in [1.807, 2.05) is 42.5 Å². The molecule has 7 rings (SSSR count). The highest BCUT2D eigenvalue weighted by Crippen LogP contribution is 2.37. The van der Waals surface area contributed by atoms with Crippen LogP contribution in [0.4, 0.5) is 0 Å². The Morgan fingerprint density at radius 1 is 0.538 bits per heavy atom. The molecule has 1 amide bonds. The largest absolute Gasteiger partial charge is 0.476 e. The highest BCUT2D eigenvalue weighted by molar-refractivity contribution is 6.35. The molecular weight excluding hydrogens is 740 g/mol. The minimum Gasteiger partial charge on any atom is -0.476 e. The second kappa shape index (κ2) is 17.1. The van der Waals surface area contributed by atoms with Gasteiger partial charge >= 0.3 is 5.97 Å². The summed E-state index contributed by atoms with van der Waals surface area (Å²) in [7, 11) is 0. The van der Waals surface area contributed by atoms with Crippen LogP contribution in [-0.2, 0) is 0 Å². The van der Waals surface area contributed by atoms with Gasteiger partial charge in [-0.3, -0.25) is 14.8 Å². The number of benzene rings is 4. The van der Waals surface area contributed by atoms with Gasteiger partial charge in [0.15, 0.2) is 5.69 Å². The van der Waals surface area contributed by atoms with E-state index in [2.05, 4.69) is 25.3 Å². The van der Waals surface area contributed by atoms with Crippen LogP contribution in [0.1, 0.15) is 53.1 Å². The normalized spacial score (nSPS) is 12.8. The molecule has 0 radical (unpaired) electrons. The number of amides is 1. The fourth-order valence-electron chi connectivity index (χ4n) is 5.88. The Bertz CT molecular complexity index is 2240. The molecule has 4 aromatic carbocycles. The average molecular weight is 772 g/mol. The Hall–Kier alpha value is -4.86. The number of carboxylic acid groups (broad SMARTS) is 1. The second-order valence-corrected chi connectivity index (χ2v) is 13.6. The van der Waals surface area contributed by atoms with Gasteiger partial charge in [0.05, 0.1) is 55.3 Å². The molecule has 8 nitrogen and oxygen atoms in total. The lowest BCUT2D eigenvalue weighted by molar-refractivity contribution is 0.0689. The zero-order chi connectivity index (χ0) is 36.6. The zero-order valence-corrected chi connectivity index (χ0v) is 30.6. The molecule has 0 unspecified atom stereocenters. The van der Waals surface area contributed by atoms with Crippen LogP contribution in [0.3, 0.4) is 0 Å². The lowest BCUT2D eigenvalue weighted by Crippen LogP contribution is -2.36. The van der Waals surface area contributed by atoms with Gasteiger partial charge in [-0.1, -0.05) is 138 Å². The lowest BCUT2D eigenvalue weighted by Gasteiger charge is -2.22. The molecule has 0 saturated heterocycles. The number of hydrogen-bond acceptors (Lipinski definition) is 6. The lowest BCUT2D eigenvalue weighted by atomic mass is 9.95. The van der Waals surface area contributed by atoms with Crippen LogP contribution >= 0.6 is 46.4 Å². The van der Waals surface area contributed by atoms with E-state index in [1.54, 1.807) is 54.6 Å². The van der Waals surface area contributed by atoms with Crippen molar-refractivity contribution in [2.24, 2.45) is 0 Å². The first-order chi connectivity index (χ1) is 25.2. The number of halogens is 4. The van der Waals surface area contributed by atoms with Crippen molar-refractivity contribution >= 4 is 58.3 Å². The third-order valence-corrected chi connectivity index (χ3v) is 9.77. The van der Waals surface area contributed by atoms with E-state index in [0.29, 0.717) is 59.6 Å². The van der Waals surface area contributed by atoms with Crippen LogP contribution in [-0.4, -0.2) is 43.0 Å². The van der Waals surface area contributed by atoms with Crippen molar-refractivity contribution in [3.8, 4) is 45.0 Å². The second-order valence-electron chi connectivity index (χ2n) is 11.9. The smallest absolute Gasteiger partial charge is 0.356 e. The van der Waals surface area contributed by atoms with E-state index in [0.717, 1.165) is 31.2 Å². The van der Waals surface area contributed by atoms with Gasteiger partial charge in [-0.25, -0.2) is 14.8 Å². The molecule has 1 saturated carbocycles. The van der Waals surface area contributed by atoms with Crippen LogP contribution in [0.15, 0.2) is 109 Å². The number of carbonyl (C=O) groups excluding carboxylic acids is 1. The third kappa shape index (κ3) is 8.60. The first kappa shape index (κ1) is 36.9. The summed E-state index contributed by atoms with van der Waals surface area (Å²) in [5.74, 6) is -1.36. The number of rotatable bonds is 7. The van der Waals surface area contributed by atoms with Crippen molar-refractivity contribution < 1.29 is 14.7 Å². The van der Waals surface area contributed by atoms with Crippen LogP contribution in [0, 0.1) is 0 Å². The monoisotopic (exact) mass is 769 g/mol. The summed E-state index contributed by atoms with van der Waals surface area (Å²) in [6.45, 7) is 0. The van der Waals surface area contributed by atoms with Gasteiger partial charge in [0.2, 0.25) is 0 Å². The van der Waals surface area contributed by atoms with E-state index in [1.165, 1.54) is 18.8 Å². The third-order valence-electron chi connectivity index (χ3n) is 8.45. The summed E-state index contributed by atoms with van der Waals surface area (Å²) in [6, 6.07) is 29.3. The van der Waals surface area contributed by atoms with Crippen LogP contribution in [0.5, 0.6) is 0 Å². The Balaban J connectivity index is 0.000000183. The Morgan fingerprint density at radius 3 is 1.31 bits per heavy atom. The number of aromatic carboxylic acids is 1. The van der Waals surface area contributed by atoms with Gasteiger partial charge < -0.3 is 10.4 Å². The van der Waals surface area contributed by atoms with Crippen molar-refractivity contribution in [2.75, 3.05) is 0 Å². The number of carboxylic acids is 1. The van der Waals surface area contributed by atoms with E-state index in [4.69, 9.17) is 46.4 Å². The summed E-state index contributed by atoms with van der Waals surface area (Å²) >= 11 is 25.3. The molecule has 1 aliphatic rings. The Labute approximate surface area is 320 Å². The van der Waals surface area contributed by atoms with Gasteiger partial charge in [0.1, 0.15) is 5.69 Å². The molecule has 12 heteroatoms. The molecule has 52 heavy (non-hydrogen) atoms. The molecule has 2 N–H and O–H groups in total. The predicted octanol–water partition coefficient (Wildman–Crippen LogP) is 11.0. The molecule has 1 aliphatic carbocycles. The predicted molar refractivity (Wildman–Crippen MR) is 207 cm³/mol. The molecule has 1 fully saturated rings. The number of hydrogen-bond donors (Lipinski definition) is 2. The molecule has 6 aromatic rings. The quantitative estimate of drug-likeness (QED) is 0.166. The summed E-state index contributed by atoms with van der Waals surface area (Å²) in [5.41, 5.74) is 4.83. The highest BCUT2D eigenvalue weighted by Gasteiger charge is 2.22. The summed E-state index contributed by atoms with van der Waals surface area (Å²) < 4.78 is 0. The Kier molecular flexibility index (Phi) is 12.1. The maximum atomic E-state index is 12.8. The standard InChI is InChI=1S/C23H21Cl2N3O.C17H10Cl2N2O2/c24-18-12-6-4-10-16(18)21-22(17-11-5-7-13-19(17)25)28-20(14-26-21)23(29)27-15-8-2-1-3-9-15;18-12-7-3-1-5-10(12)15-16(11-6-2-4-8-13(11)19)21-14(9-20-15)17(22)23/h4-7,10-15H,1-3,8-9H2,(H,27,29);1-9H,(H,22,23). The molecule has 2 aromatic heterocycles. The van der Waals surface area contributed by atoms with Crippen molar-refractivity contribution in [1.82, 2.24) is 25.3 Å². The first-order valence-corrected chi connectivity index (χ1v) is 18.0. The maximum Gasteiger partial charge on any atom is 0.356 e. The SMILES string of the molecule is O=C(NC1CCCCC1)c1cnc(-c2ccccc2Cl)c(-c2ccccc2Cl)n1.O=C(O)c1cnc(-c2ccccc2Cl)c(-c2ccccc2Cl)n1. The minimum atomic E-state index is -1.16. The van der Waals surface area contributed by atoms with Crippen molar-refractivity contribution in [3.63, 3.8) is 0 Å². The van der Waals surface area contributed by atoms with Gasteiger partial charge in [0.25, 0.3) is 5.91 Å². The molecule has 262 valence electrons. The topological polar surface area (TPSA) is 118 Å². The molecule has 0 bridgehead atoms. The summed E-state index contributed by atoms with van der Waals surface area (Å²) in [5, 5.41) is 14.3. The van der Waals surface area contributed by atoms with Crippen molar-refractivity contribution in [2.45, 2.75) is 38.1 Å². The van der Waals surface area contributed by atoms with Gasteiger partial charge in [-0.05, 0) is 37.1 Å². The fourth-order valence-corrected chi connectivity index (χ4v) is 6.78. The molecule has 2 heterocycles. The van der Waals surface area contributed by atoms with Crippen LogP contribution in [0.25, 0.3) is 45.0 Å². The molecule has 0 atom stereocenters. The van der Waals surface area contributed by atoms with Crippen molar-refractivity contribution in [3.05, 3.63) is 141 Å². The molecular formula is C40H31Cl4N5O3. The van der Waals surface area contributed by atoms with E-state index in [9.17, 15) is 14.7 Å². The zero-order valence-electron chi connectivity index (χ0n) is 27.6. The number of nitrogens with one attached hydrogen (secondary N) is 1. The maximum absolute atomic E-state index is 12.8. The van der Waals surface area contributed by atoms with Gasteiger partial charge in [-0.15, -0.1) is 0 Å². The number of aromatic nitrogens is 4. The van der Waals surface area contributed by atoms with E-state index >= 15 is 0 Å². The van der Waals surface area contributed by atoms with Gasteiger partial charge in [0, 0.05) is 28.3 Å². The number of nitrogens with zero attached hydrogens (tertiary/aromatic N) is 4. The van der Waals surface area contributed by atoms with Crippen molar-refractivity contribution in [1.29, 1.82) is 0 Å². The van der Waals surface area contributed by atoms with Crippen LogP contribution in [0.2, 0.25) is 20.1 Å². The van der Waals surface area contributed by atoms with Gasteiger partial charge in [-0.2, -0.15) is 0 Å². The van der Waals surface area contributed by atoms with E-state index in [-0.39, 0.29) is 23.3 Å². The molecule has 0 aliphatic heterocycles. The molecule has 0 spiro atoms. The first-order valence-electron chi connectivity index (χ1n) is 16.5. The average Bonchev–Trinajstić information content (AvgIpc) is 3.16.